The number of hydrogen-bond acceptors (Lipinski definition) is 1. The third-order valence-corrected chi connectivity index (χ3v) is 1.75. The first-order chi connectivity index (χ1) is 6.35. The van der Waals surface area contributed by atoms with Gasteiger partial charge in [0.2, 0.25) is 0 Å². The van der Waals surface area contributed by atoms with Gasteiger partial charge in [-0.05, 0) is 25.5 Å². The van der Waals surface area contributed by atoms with Crippen LogP contribution in [0.1, 0.15) is 26.7 Å². The minimum Gasteiger partial charge on any atom is -0.313 e. The lowest BCUT2D eigenvalue weighted by atomic mass is 10.2. The summed E-state index contributed by atoms with van der Waals surface area (Å²) in [5.74, 6) is 0. The summed E-state index contributed by atoms with van der Waals surface area (Å²) < 4.78 is 0. The van der Waals surface area contributed by atoms with Gasteiger partial charge in [0, 0.05) is 6.54 Å². The summed E-state index contributed by atoms with van der Waals surface area (Å²) in [6, 6.07) is 0. The lowest BCUT2D eigenvalue weighted by Crippen LogP contribution is -2.17. The van der Waals surface area contributed by atoms with Crippen molar-refractivity contribution < 1.29 is 0 Å². The van der Waals surface area contributed by atoms with Gasteiger partial charge >= 0.3 is 0 Å². The highest BCUT2D eigenvalue weighted by Gasteiger charge is 1.89. The van der Waals surface area contributed by atoms with Gasteiger partial charge < -0.3 is 5.32 Å². The molecule has 0 atom stereocenters. The molecule has 0 aromatic carbocycles. The summed E-state index contributed by atoms with van der Waals surface area (Å²) in [7, 11) is 0. The SMILES string of the molecule is C=C/C=C(\C=C/C)CNCCCC. The van der Waals surface area contributed by atoms with Crippen LogP contribution in [0.15, 0.2) is 36.5 Å². The Balaban J connectivity index is 3.70. The smallest absolute Gasteiger partial charge is 0.0205 e. The Kier molecular flexibility index (Phi) is 8.68. The fraction of sp³-hybridized carbons (Fsp3) is 0.500. The highest BCUT2D eigenvalue weighted by Crippen LogP contribution is 1.95. The molecule has 1 N–H and O–H groups in total. The van der Waals surface area contributed by atoms with Crippen LogP contribution in [-0.2, 0) is 0 Å². The van der Waals surface area contributed by atoms with Crippen LogP contribution in [0.25, 0.3) is 0 Å². The van der Waals surface area contributed by atoms with Crippen molar-refractivity contribution >= 4 is 0 Å². The van der Waals surface area contributed by atoms with E-state index in [0.29, 0.717) is 0 Å². The Morgan fingerprint density at radius 2 is 2.23 bits per heavy atom. The molecule has 0 saturated heterocycles. The molecule has 13 heavy (non-hydrogen) atoms. The van der Waals surface area contributed by atoms with Crippen LogP contribution in [0.5, 0.6) is 0 Å². The molecular weight excluding hydrogens is 158 g/mol. The average molecular weight is 179 g/mol. The van der Waals surface area contributed by atoms with Gasteiger partial charge in [0.1, 0.15) is 0 Å². The second kappa shape index (κ2) is 9.27. The maximum atomic E-state index is 3.69. The lowest BCUT2D eigenvalue weighted by molar-refractivity contribution is 0.675. The molecule has 0 bridgehead atoms. The van der Waals surface area contributed by atoms with E-state index in [0.717, 1.165) is 13.1 Å². The van der Waals surface area contributed by atoms with Crippen LogP contribution in [0, 0.1) is 0 Å². The summed E-state index contributed by atoms with van der Waals surface area (Å²) in [5.41, 5.74) is 1.29. The molecule has 0 amide bonds. The van der Waals surface area contributed by atoms with Crippen molar-refractivity contribution in [2.24, 2.45) is 0 Å². The molecule has 0 aromatic rings. The first-order valence-corrected chi connectivity index (χ1v) is 5.00. The van der Waals surface area contributed by atoms with Crippen molar-refractivity contribution in [3.8, 4) is 0 Å². The fourth-order valence-corrected chi connectivity index (χ4v) is 1.07. The molecule has 0 aliphatic heterocycles. The van der Waals surface area contributed by atoms with E-state index in [1.54, 1.807) is 0 Å². The number of nitrogens with one attached hydrogen (secondary N) is 1. The van der Waals surface area contributed by atoms with Gasteiger partial charge in [0.15, 0.2) is 0 Å². The summed E-state index contributed by atoms with van der Waals surface area (Å²) >= 11 is 0. The molecular formula is C12H21N. The monoisotopic (exact) mass is 179 g/mol. The van der Waals surface area contributed by atoms with Crippen LogP contribution >= 0.6 is 0 Å². The number of hydrogen-bond donors (Lipinski definition) is 1. The average Bonchev–Trinajstić information content (AvgIpc) is 2.13. The van der Waals surface area contributed by atoms with Gasteiger partial charge in [0.25, 0.3) is 0 Å². The Morgan fingerprint density at radius 1 is 1.46 bits per heavy atom. The van der Waals surface area contributed by atoms with E-state index in [4.69, 9.17) is 0 Å². The summed E-state index contributed by atoms with van der Waals surface area (Å²) in [6.07, 6.45) is 10.5. The Hall–Kier alpha value is -0.820. The number of unbranched alkanes of at least 4 members (excludes halogenated alkanes) is 1. The molecule has 0 aromatic heterocycles. The molecule has 0 unspecified atom stereocenters. The van der Waals surface area contributed by atoms with E-state index >= 15 is 0 Å². The quantitative estimate of drug-likeness (QED) is 0.468. The highest BCUT2D eigenvalue weighted by molar-refractivity contribution is 5.23. The predicted octanol–water partition coefficient (Wildman–Crippen LogP) is 3.06. The molecule has 0 radical (unpaired) electrons. The van der Waals surface area contributed by atoms with E-state index < -0.39 is 0 Å². The van der Waals surface area contributed by atoms with Gasteiger partial charge in [-0.1, -0.05) is 44.2 Å². The Morgan fingerprint density at radius 3 is 2.77 bits per heavy atom. The molecule has 0 rings (SSSR count). The van der Waals surface area contributed by atoms with Crippen LogP contribution in [0.4, 0.5) is 0 Å². The number of rotatable bonds is 7. The van der Waals surface area contributed by atoms with Gasteiger partial charge in [-0.3, -0.25) is 0 Å². The zero-order chi connectivity index (χ0) is 9.94. The fourth-order valence-electron chi connectivity index (χ4n) is 1.07. The first-order valence-electron chi connectivity index (χ1n) is 5.00. The summed E-state index contributed by atoms with van der Waals surface area (Å²) in [4.78, 5) is 0. The lowest BCUT2D eigenvalue weighted by Gasteiger charge is -2.03. The third-order valence-electron chi connectivity index (χ3n) is 1.75. The van der Waals surface area contributed by atoms with Crippen molar-refractivity contribution in [3.05, 3.63) is 36.5 Å². The molecule has 0 aliphatic carbocycles. The third kappa shape index (κ3) is 7.54. The maximum absolute atomic E-state index is 3.69. The normalized spacial score (nSPS) is 12.3. The van der Waals surface area contributed by atoms with Crippen molar-refractivity contribution in [1.29, 1.82) is 0 Å². The van der Waals surface area contributed by atoms with Crippen LogP contribution in [0.3, 0.4) is 0 Å². The van der Waals surface area contributed by atoms with E-state index in [2.05, 4.69) is 31.0 Å². The minimum atomic E-state index is 0.941. The first kappa shape index (κ1) is 12.2. The second-order valence-electron chi connectivity index (χ2n) is 3.01. The van der Waals surface area contributed by atoms with Gasteiger partial charge in [-0.2, -0.15) is 0 Å². The molecule has 1 nitrogen and oxygen atoms in total. The zero-order valence-corrected chi connectivity index (χ0v) is 8.84. The molecule has 0 aliphatic rings. The van der Waals surface area contributed by atoms with Gasteiger partial charge in [0.05, 0.1) is 0 Å². The van der Waals surface area contributed by atoms with Crippen molar-refractivity contribution in [2.75, 3.05) is 13.1 Å². The predicted molar refractivity (Wildman–Crippen MR) is 60.9 cm³/mol. The standard InChI is InChI=1S/C12H21N/c1-4-7-10-13-11-12(8-5-2)9-6-3/h5-6,8-9,13H,2,4,7,10-11H2,1,3H3/b9-6-,12-8+. The highest BCUT2D eigenvalue weighted by atomic mass is 14.8. The van der Waals surface area contributed by atoms with E-state index in [-0.39, 0.29) is 0 Å². The topological polar surface area (TPSA) is 12.0 Å². The van der Waals surface area contributed by atoms with Crippen LogP contribution in [0.2, 0.25) is 0 Å². The molecule has 0 saturated carbocycles. The van der Waals surface area contributed by atoms with Crippen molar-refractivity contribution in [3.63, 3.8) is 0 Å². The summed E-state index contributed by atoms with van der Waals surface area (Å²) in [6.45, 7) is 9.96. The minimum absolute atomic E-state index is 0.941. The summed E-state index contributed by atoms with van der Waals surface area (Å²) in [5, 5.41) is 3.39. The zero-order valence-electron chi connectivity index (χ0n) is 8.84. The van der Waals surface area contributed by atoms with Crippen LogP contribution in [-0.4, -0.2) is 13.1 Å². The number of allylic oxidation sites excluding steroid dienone is 3. The Labute approximate surface area is 82.2 Å². The van der Waals surface area contributed by atoms with E-state index in [9.17, 15) is 0 Å². The molecule has 0 heterocycles. The Bertz CT molecular complexity index is 178. The van der Waals surface area contributed by atoms with E-state index in [1.807, 2.05) is 19.1 Å². The van der Waals surface area contributed by atoms with Crippen molar-refractivity contribution in [1.82, 2.24) is 5.32 Å². The molecule has 1 heteroatoms. The second-order valence-corrected chi connectivity index (χ2v) is 3.01. The van der Waals surface area contributed by atoms with E-state index in [1.165, 1.54) is 18.4 Å². The maximum Gasteiger partial charge on any atom is 0.0205 e. The van der Waals surface area contributed by atoms with Gasteiger partial charge in [-0.15, -0.1) is 0 Å². The van der Waals surface area contributed by atoms with Crippen LogP contribution < -0.4 is 5.32 Å². The largest absolute Gasteiger partial charge is 0.313 e. The molecule has 0 spiro atoms. The van der Waals surface area contributed by atoms with Crippen molar-refractivity contribution in [2.45, 2.75) is 26.7 Å². The molecule has 74 valence electrons. The van der Waals surface area contributed by atoms with Gasteiger partial charge in [-0.25, -0.2) is 0 Å². The molecule has 0 fully saturated rings.